The third-order valence-electron chi connectivity index (χ3n) is 3.76. The van der Waals surface area contributed by atoms with Crippen LogP contribution in [0.1, 0.15) is 32.0 Å². The Labute approximate surface area is 109 Å². The average Bonchev–Trinajstić information content (AvgIpc) is 2.95. The van der Waals surface area contributed by atoms with E-state index in [0.29, 0.717) is 17.3 Å². The Morgan fingerprint density at radius 1 is 1.56 bits per heavy atom. The molecule has 96 valence electrons. The van der Waals surface area contributed by atoms with Crippen molar-refractivity contribution in [2.45, 2.75) is 38.8 Å². The molecule has 0 spiro atoms. The second kappa shape index (κ2) is 4.82. The predicted octanol–water partition coefficient (Wildman–Crippen LogP) is 2.26. The summed E-state index contributed by atoms with van der Waals surface area (Å²) in [5.41, 5.74) is 0.784. The lowest BCUT2D eigenvalue weighted by molar-refractivity contribution is 0.421. The Bertz CT molecular complexity index is 604. The largest absolute Gasteiger partial charge is 0.308 e. The summed E-state index contributed by atoms with van der Waals surface area (Å²) in [6.45, 7) is 2.93. The van der Waals surface area contributed by atoms with Gasteiger partial charge in [0.1, 0.15) is 10.5 Å². The molecule has 5 heteroatoms. The summed E-state index contributed by atoms with van der Waals surface area (Å²) in [7, 11) is 0. The van der Waals surface area contributed by atoms with E-state index >= 15 is 0 Å². The van der Waals surface area contributed by atoms with E-state index in [0.717, 1.165) is 17.3 Å². The maximum absolute atomic E-state index is 11.8. The maximum Gasteiger partial charge on any atom is 0.268 e. The molecule has 1 fully saturated rings. The third-order valence-corrected chi connectivity index (χ3v) is 4.66. The van der Waals surface area contributed by atoms with Crippen LogP contribution in [0.2, 0.25) is 0 Å². The Kier molecular flexibility index (Phi) is 3.18. The molecule has 0 saturated heterocycles. The predicted molar refractivity (Wildman–Crippen MR) is 73.9 cm³/mol. The minimum atomic E-state index is -0.0220. The second-order valence-electron chi connectivity index (χ2n) is 5.04. The molecule has 4 nitrogen and oxygen atoms in total. The highest BCUT2D eigenvalue weighted by atomic mass is 32.1. The standard InChI is InChI=1S/C13H17N3OS/c1-8-3-2-4-9(8)14-7-11-15-10-5-6-18-12(10)13(17)16-11/h5-6,8-9,14H,2-4,7H2,1H3,(H,15,16,17). The molecule has 2 aromatic rings. The highest BCUT2D eigenvalue weighted by molar-refractivity contribution is 7.17. The first kappa shape index (κ1) is 11.9. The molecule has 2 atom stereocenters. The molecule has 2 heterocycles. The van der Waals surface area contributed by atoms with Gasteiger partial charge >= 0.3 is 0 Å². The number of aromatic amines is 1. The summed E-state index contributed by atoms with van der Waals surface area (Å²) in [5.74, 6) is 1.46. The van der Waals surface area contributed by atoms with Crippen LogP contribution in [0.3, 0.4) is 0 Å². The Morgan fingerprint density at radius 2 is 2.44 bits per heavy atom. The van der Waals surface area contributed by atoms with Crippen molar-refractivity contribution in [3.8, 4) is 0 Å². The van der Waals surface area contributed by atoms with Gasteiger partial charge in [-0.05, 0) is 30.2 Å². The van der Waals surface area contributed by atoms with Gasteiger partial charge in [0.15, 0.2) is 0 Å². The second-order valence-corrected chi connectivity index (χ2v) is 5.96. The Balaban J connectivity index is 1.76. The zero-order valence-corrected chi connectivity index (χ0v) is 11.2. The third kappa shape index (κ3) is 2.20. The van der Waals surface area contributed by atoms with Crippen molar-refractivity contribution < 1.29 is 0 Å². The van der Waals surface area contributed by atoms with Crippen LogP contribution in [0.25, 0.3) is 10.2 Å². The van der Waals surface area contributed by atoms with E-state index in [-0.39, 0.29) is 5.56 Å². The molecule has 1 saturated carbocycles. The molecule has 1 aliphatic carbocycles. The Morgan fingerprint density at radius 3 is 3.22 bits per heavy atom. The molecule has 0 radical (unpaired) electrons. The first-order chi connectivity index (χ1) is 8.74. The van der Waals surface area contributed by atoms with Crippen molar-refractivity contribution in [1.29, 1.82) is 0 Å². The lowest BCUT2D eigenvalue weighted by atomic mass is 10.1. The molecule has 18 heavy (non-hydrogen) atoms. The fourth-order valence-electron chi connectivity index (χ4n) is 2.68. The van der Waals surface area contributed by atoms with Crippen LogP contribution < -0.4 is 10.9 Å². The monoisotopic (exact) mass is 263 g/mol. The highest BCUT2D eigenvalue weighted by Gasteiger charge is 2.22. The summed E-state index contributed by atoms with van der Waals surface area (Å²) in [4.78, 5) is 19.1. The number of nitrogens with zero attached hydrogens (tertiary/aromatic N) is 1. The fraction of sp³-hybridized carbons (Fsp3) is 0.538. The van der Waals surface area contributed by atoms with Crippen LogP contribution in [0.15, 0.2) is 16.2 Å². The normalized spacial score (nSPS) is 23.8. The molecule has 3 rings (SSSR count). The number of hydrogen-bond acceptors (Lipinski definition) is 4. The summed E-state index contributed by atoms with van der Waals surface area (Å²) in [5, 5.41) is 5.41. The summed E-state index contributed by atoms with van der Waals surface area (Å²) in [6.07, 6.45) is 3.82. The summed E-state index contributed by atoms with van der Waals surface area (Å²) < 4.78 is 0.716. The van der Waals surface area contributed by atoms with Gasteiger partial charge < -0.3 is 10.3 Å². The van der Waals surface area contributed by atoms with Gasteiger partial charge in [-0.1, -0.05) is 13.3 Å². The molecule has 2 aromatic heterocycles. The van der Waals surface area contributed by atoms with Gasteiger partial charge in [-0.25, -0.2) is 4.98 Å². The van der Waals surface area contributed by atoms with Gasteiger partial charge in [0, 0.05) is 6.04 Å². The van der Waals surface area contributed by atoms with Crippen LogP contribution in [0, 0.1) is 5.92 Å². The zero-order valence-electron chi connectivity index (χ0n) is 10.4. The van der Waals surface area contributed by atoms with Crippen molar-refractivity contribution in [3.63, 3.8) is 0 Å². The number of aromatic nitrogens is 2. The smallest absolute Gasteiger partial charge is 0.268 e. The topological polar surface area (TPSA) is 57.8 Å². The van der Waals surface area contributed by atoms with Gasteiger partial charge in [0.05, 0.1) is 12.1 Å². The van der Waals surface area contributed by atoms with Gasteiger partial charge in [0.25, 0.3) is 5.56 Å². The number of thiophene rings is 1. The number of nitrogens with one attached hydrogen (secondary N) is 2. The number of H-pyrrole nitrogens is 1. The quantitative estimate of drug-likeness (QED) is 0.893. The molecule has 0 aliphatic heterocycles. The van der Waals surface area contributed by atoms with Crippen molar-refractivity contribution in [3.05, 3.63) is 27.6 Å². The SMILES string of the molecule is CC1CCCC1NCc1nc2ccsc2c(=O)[nH]1. The van der Waals surface area contributed by atoms with E-state index in [1.807, 2.05) is 11.4 Å². The van der Waals surface area contributed by atoms with Crippen molar-refractivity contribution in [2.75, 3.05) is 0 Å². The molecule has 2 unspecified atom stereocenters. The minimum Gasteiger partial charge on any atom is -0.308 e. The van der Waals surface area contributed by atoms with Gasteiger partial charge in [-0.15, -0.1) is 11.3 Å². The van der Waals surface area contributed by atoms with E-state index in [1.54, 1.807) is 0 Å². The van der Waals surface area contributed by atoms with Crippen LogP contribution in [0.5, 0.6) is 0 Å². The highest BCUT2D eigenvalue weighted by Crippen LogP contribution is 2.24. The Hall–Kier alpha value is -1.20. The summed E-state index contributed by atoms with van der Waals surface area (Å²) in [6, 6.07) is 2.46. The lowest BCUT2D eigenvalue weighted by Crippen LogP contribution is -2.31. The van der Waals surface area contributed by atoms with Crippen molar-refractivity contribution in [2.24, 2.45) is 5.92 Å². The van der Waals surface area contributed by atoms with Crippen molar-refractivity contribution in [1.82, 2.24) is 15.3 Å². The number of hydrogen-bond donors (Lipinski definition) is 2. The molecule has 0 aromatic carbocycles. The van der Waals surface area contributed by atoms with Gasteiger partial charge in [-0.2, -0.15) is 0 Å². The summed E-state index contributed by atoms with van der Waals surface area (Å²) >= 11 is 1.44. The van der Waals surface area contributed by atoms with Gasteiger partial charge in [0.2, 0.25) is 0 Å². The van der Waals surface area contributed by atoms with E-state index < -0.39 is 0 Å². The molecule has 2 N–H and O–H groups in total. The lowest BCUT2D eigenvalue weighted by Gasteiger charge is -2.16. The first-order valence-corrected chi connectivity index (χ1v) is 7.32. The minimum absolute atomic E-state index is 0.0220. The number of fused-ring (bicyclic) bond motifs is 1. The van der Waals surface area contributed by atoms with Crippen molar-refractivity contribution >= 4 is 21.6 Å². The maximum atomic E-state index is 11.8. The molecular weight excluding hydrogens is 246 g/mol. The first-order valence-electron chi connectivity index (χ1n) is 6.44. The fourth-order valence-corrected chi connectivity index (χ4v) is 3.41. The van der Waals surface area contributed by atoms with E-state index in [2.05, 4.69) is 22.2 Å². The van der Waals surface area contributed by atoms with E-state index in [9.17, 15) is 4.79 Å². The van der Waals surface area contributed by atoms with Crippen LogP contribution in [-0.2, 0) is 6.54 Å². The van der Waals surface area contributed by atoms with E-state index in [4.69, 9.17) is 0 Å². The number of rotatable bonds is 3. The average molecular weight is 263 g/mol. The molecule has 0 bridgehead atoms. The van der Waals surface area contributed by atoms with Crippen LogP contribution >= 0.6 is 11.3 Å². The molecule has 0 amide bonds. The zero-order chi connectivity index (χ0) is 12.5. The van der Waals surface area contributed by atoms with Crippen LogP contribution in [0.4, 0.5) is 0 Å². The van der Waals surface area contributed by atoms with Crippen LogP contribution in [-0.4, -0.2) is 16.0 Å². The molecule has 1 aliphatic rings. The van der Waals surface area contributed by atoms with Gasteiger partial charge in [-0.3, -0.25) is 4.79 Å². The van der Waals surface area contributed by atoms with E-state index in [1.165, 1.54) is 30.6 Å². The molecular formula is C13H17N3OS.